The first kappa shape index (κ1) is 24.6. The highest BCUT2D eigenvalue weighted by atomic mass is 35.5. The van der Waals surface area contributed by atoms with Gasteiger partial charge in [-0.2, -0.15) is 0 Å². The van der Waals surface area contributed by atoms with Gasteiger partial charge in [0.1, 0.15) is 11.6 Å². The second kappa shape index (κ2) is 9.97. The van der Waals surface area contributed by atoms with Crippen molar-refractivity contribution in [2.75, 3.05) is 6.61 Å². The molecule has 1 atom stereocenters. The normalized spacial score (nSPS) is 15.5. The highest BCUT2D eigenvalue weighted by Gasteiger charge is 2.33. The standard InChI is InChI=1S/C25H20ClFN2O5S/c1-4-33-24(32)21-13(2)28-25-29(22(21)15-8-10-16(11-9-15)34-14(3)30)23(31)20(35-25)12-17-18(26)6-5-7-19(17)27/h5-12,22H,4H2,1-3H3/t22-/m1/s1. The van der Waals surface area contributed by atoms with E-state index < -0.39 is 29.4 Å². The summed E-state index contributed by atoms with van der Waals surface area (Å²) in [5.41, 5.74) is 0.804. The van der Waals surface area contributed by atoms with Gasteiger partial charge >= 0.3 is 11.9 Å². The molecule has 0 spiro atoms. The summed E-state index contributed by atoms with van der Waals surface area (Å²) in [7, 11) is 0. The maximum absolute atomic E-state index is 14.4. The summed E-state index contributed by atoms with van der Waals surface area (Å²) >= 11 is 7.21. The Bertz CT molecular complexity index is 1520. The average Bonchev–Trinajstić information content (AvgIpc) is 3.10. The van der Waals surface area contributed by atoms with E-state index in [4.69, 9.17) is 21.1 Å². The van der Waals surface area contributed by atoms with Gasteiger partial charge in [-0.1, -0.05) is 41.1 Å². The molecule has 0 amide bonds. The molecule has 0 bridgehead atoms. The van der Waals surface area contributed by atoms with E-state index in [1.54, 1.807) is 38.1 Å². The molecule has 2 heterocycles. The van der Waals surface area contributed by atoms with Gasteiger partial charge < -0.3 is 9.47 Å². The lowest BCUT2D eigenvalue weighted by Crippen LogP contribution is -2.39. The molecular formula is C25H20ClFN2O5S. The van der Waals surface area contributed by atoms with Gasteiger partial charge in [0, 0.05) is 12.5 Å². The third-order valence-electron chi connectivity index (χ3n) is 5.25. The Morgan fingerprint density at radius 3 is 2.57 bits per heavy atom. The second-order valence-electron chi connectivity index (χ2n) is 7.60. The van der Waals surface area contributed by atoms with Crippen LogP contribution in [0.1, 0.15) is 37.9 Å². The van der Waals surface area contributed by atoms with Crippen LogP contribution in [0, 0.1) is 5.82 Å². The minimum atomic E-state index is -0.852. The summed E-state index contributed by atoms with van der Waals surface area (Å²) in [6.07, 6.45) is 1.38. The number of aromatic nitrogens is 1. The van der Waals surface area contributed by atoms with E-state index in [0.717, 1.165) is 11.3 Å². The highest BCUT2D eigenvalue weighted by Crippen LogP contribution is 2.31. The maximum atomic E-state index is 14.4. The molecule has 0 saturated heterocycles. The van der Waals surface area contributed by atoms with Gasteiger partial charge in [-0.15, -0.1) is 0 Å². The quantitative estimate of drug-likeness (QED) is 0.384. The highest BCUT2D eigenvalue weighted by molar-refractivity contribution is 7.07. The zero-order valence-electron chi connectivity index (χ0n) is 19.0. The number of hydrogen-bond donors (Lipinski definition) is 0. The molecule has 0 unspecified atom stereocenters. The first-order chi connectivity index (χ1) is 16.7. The van der Waals surface area contributed by atoms with E-state index in [2.05, 4.69) is 4.99 Å². The Morgan fingerprint density at radius 2 is 1.94 bits per heavy atom. The summed E-state index contributed by atoms with van der Waals surface area (Å²) in [5.74, 6) is -1.32. The Hall–Kier alpha value is -3.56. The SMILES string of the molecule is CCOC(=O)C1=C(C)N=c2sc(=Cc3c(F)cccc3Cl)c(=O)n2[C@@H]1c1ccc(OC(C)=O)cc1. The summed E-state index contributed by atoms with van der Waals surface area (Å²) in [5, 5.41) is 0.164. The van der Waals surface area contributed by atoms with Crippen LogP contribution in [0.25, 0.3) is 6.08 Å². The zero-order valence-corrected chi connectivity index (χ0v) is 20.6. The molecule has 0 radical (unpaired) electrons. The Balaban J connectivity index is 1.94. The van der Waals surface area contributed by atoms with Crippen molar-refractivity contribution in [2.24, 2.45) is 4.99 Å². The lowest BCUT2D eigenvalue weighted by Gasteiger charge is -2.24. The molecule has 7 nitrogen and oxygen atoms in total. The molecule has 0 fully saturated rings. The van der Waals surface area contributed by atoms with Gasteiger partial charge in [-0.25, -0.2) is 14.2 Å². The zero-order chi connectivity index (χ0) is 25.3. The third kappa shape index (κ3) is 4.82. The molecule has 10 heteroatoms. The van der Waals surface area contributed by atoms with Crippen molar-refractivity contribution in [3.63, 3.8) is 0 Å². The van der Waals surface area contributed by atoms with Crippen LogP contribution < -0.4 is 19.6 Å². The molecule has 1 aliphatic rings. The van der Waals surface area contributed by atoms with E-state index in [1.165, 1.54) is 35.8 Å². The molecule has 0 N–H and O–H groups in total. The molecular weight excluding hydrogens is 495 g/mol. The molecule has 0 aliphatic carbocycles. The molecule has 2 aromatic carbocycles. The number of fused-ring (bicyclic) bond motifs is 1. The van der Waals surface area contributed by atoms with Crippen molar-refractivity contribution < 1.29 is 23.5 Å². The first-order valence-electron chi connectivity index (χ1n) is 10.6. The Labute approximate surface area is 208 Å². The summed E-state index contributed by atoms with van der Waals surface area (Å²) in [6.45, 7) is 4.78. The fraction of sp³-hybridized carbons (Fsp3) is 0.200. The van der Waals surface area contributed by atoms with Gasteiger partial charge in [0.25, 0.3) is 5.56 Å². The van der Waals surface area contributed by atoms with Crippen LogP contribution in [-0.4, -0.2) is 23.1 Å². The number of nitrogens with zero attached hydrogens (tertiary/aromatic N) is 2. The number of carbonyl (C=O) groups excluding carboxylic acids is 2. The van der Waals surface area contributed by atoms with Crippen molar-refractivity contribution in [2.45, 2.75) is 26.8 Å². The monoisotopic (exact) mass is 514 g/mol. The third-order valence-corrected chi connectivity index (χ3v) is 6.56. The number of ether oxygens (including phenoxy) is 2. The van der Waals surface area contributed by atoms with Gasteiger partial charge in [-0.05, 0) is 49.8 Å². The maximum Gasteiger partial charge on any atom is 0.338 e. The Kier molecular flexibility index (Phi) is 7.00. The van der Waals surface area contributed by atoms with E-state index in [9.17, 15) is 18.8 Å². The van der Waals surface area contributed by atoms with Crippen molar-refractivity contribution in [1.29, 1.82) is 0 Å². The lowest BCUT2D eigenvalue weighted by molar-refractivity contribution is -0.139. The predicted octanol–water partition coefficient (Wildman–Crippen LogP) is 3.52. The number of halogens is 2. The topological polar surface area (TPSA) is 87.0 Å². The Morgan fingerprint density at radius 1 is 1.23 bits per heavy atom. The minimum Gasteiger partial charge on any atom is -0.463 e. The van der Waals surface area contributed by atoms with Crippen molar-refractivity contribution in [1.82, 2.24) is 4.57 Å². The van der Waals surface area contributed by atoms with Crippen molar-refractivity contribution in [3.05, 3.63) is 95.4 Å². The molecule has 4 rings (SSSR count). The molecule has 35 heavy (non-hydrogen) atoms. The number of allylic oxidation sites excluding steroid dienone is 1. The summed E-state index contributed by atoms with van der Waals surface area (Å²) in [4.78, 5) is 42.6. The number of thiazole rings is 1. The minimum absolute atomic E-state index is 0.0862. The molecule has 180 valence electrons. The number of benzene rings is 2. The fourth-order valence-electron chi connectivity index (χ4n) is 3.77. The van der Waals surface area contributed by atoms with E-state index in [-0.39, 0.29) is 27.3 Å². The molecule has 0 saturated carbocycles. The predicted molar refractivity (Wildman–Crippen MR) is 130 cm³/mol. The van der Waals surface area contributed by atoms with Crippen molar-refractivity contribution in [3.8, 4) is 5.75 Å². The van der Waals surface area contributed by atoms with E-state index >= 15 is 0 Å². The van der Waals surface area contributed by atoms with Crippen LogP contribution in [-0.2, 0) is 14.3 Å². The fourth-order valence-corrected chi connectivity index (χ4v) is 5.02. The number of carbonyl (C=O) groups is 2. The van der Waals surface area contributed by atoms with Crippen LogP contribution in [0.2, 0.25) is 5.02 Å². The summed E-state index contributed by atoms with van der Waals surface area (Å²) in [6, 6.07) is 9.88. The van der Waals surface area contributed by atoms with Crippen LogP contribution in [0.5, 0.6) is 5.75 Å². The molecule has 1 aliphatic heterocycles. The van der Waals surface area contributed by atoms with Crippen LogP contribution in [0.15, 0.2) is 63.5 Å². The van der Waals surface area contributed by atoms with Gasteiger partial charge in [-0.3, -0.25) is 14.2 Å². The number of esters is 2. The first-order valence-corrected chi connectivity index (χ1v) is 11.8. The van der Waals surface area contributed by atoms with Gasteiger partial charge in [0.15, 0.2) is 4.80 Å². The van der Waals surface area contributed by atoms with Crippen LogP contribution in [0.4, 0.5) is 4.39 Å². The number of hydrogen-bond acceptors (Lipinski definition) is 7. The molecule has 3 aromatic rings. The van der Waals surface area contributed by atoms with E-state index in [0.29, 0.717) is 21.8 Å². The second-order valence-corrected chi connectivity index (χ2v) is 9.02. The van der Waals surface area contributed by atoms with Gasteiger partial charge in [0.05, 0.1) is 33.5 Å². The van der Waals surface area contributed by atoms with Gasteiger partial charge in [0.2, 0.25) is 0 Å². The van der Waals surface area contributed by atoms with Crippen molar-refractivity contribution >= 4 is 41.0 Å². The summed E-state index contributed by atoms with van der Waals surface area (Å²) < 4.78 is 26.3. The smallest absolute Gasteiger partial charge is 0.338 e. The van der Waals surface area contributed by atoms with Crippen LogP contribution >= 0.6 is 22.9 Å². The number of rotatable bonds is 5. The average molecular weight is 515 g/mol. The largest absolute Gasteiger partial charge is 0.463 e. The molecule has 1 aromatic heterocycles. The van der Waals surface area contributed by atoms with E-state index in [1.807, 2.05) is 0 Å². The van der Waals surface area contributed by atoms with Crippen LogP contribution in [0.3, 0.4) is 0 Å². The lowest BCUT2D eigenvalue weighted by atomic mass is 9.96.